The molecule has 0 bridgehead atoms. The molecule has 0 radical (unpaired) electrons. The van der Waals surface area contributed by atoms with Crippen LogP contribution >= 0.6 is 34.0 Å². The molecule has 0 aliphatic heterocycles. The maximum absolute atomic E-state index is 2.35. The van der Waals surface area contributed by atoms with Crippen molar-refractivity contribution in [2.45, 2.75) is 0 Å². The summed E-state index contributed by atoms with van der Waals surface area (Å²) in [5.41, 5.74) is 18.7. The van der Waals surface area contributed by atoms with Crippen molar-refractivity contribution in [3.05, 3.63) is 303 Å². The van der Waals surface area contributed by atoms with Gasteiger partial charge in [-0.1, -0.05) is 194 Å². The molecule has 0 fully saturated rings. The fraction of sp³-hybridized carbons (Fsp3) is 0. The number of thiophene rings is 3. The quantitative estimate of drug-likeness (QED) is 0.107. The van der Waals surface area contributed by atoms with E-state index in [9.17, 15) is 0 Å². The van der Waals surface area contributed by atoms with Crippen LogP contribution in [-0.2, 0) is 0 Å². The van der Waals surface area contributed by atoms with Gasteiger partial charge in [-0.25, -0.2) is 0 Å². The Kier molecular flexibility index (Phi) is 13.4. The van der Waals surface area contributed by atoms with Gasteiger partial charge in [-0.2, -0.15) is 0 Å². The van der Waals surface area contributed by atoms with Crippen LogP contribution in [0, 0.1) is 0 Å². The van der Waals surface area contributed by atoms with Gasteiger partial charge in [0.1, 0.15) is 0 Å². The van der Waals surface area contributed by atoms with Gasteiger partial charge in [0.25, 0.3) is 0 Å². The molecule has 10 aromatic carbocycles. The number of rotatable bonds is 14. The van der Waals surface area contributed by atoms with E-state index < -0.39 is 0 Å². The summed E-state index contributed by atoms with van der Waals surface area (Å²) in [7, 11) is 0. The van der Waals surface area contributed by atoms with Crippen molar-refractivity contribution < 1.29 is 0 Å². The van der Waals surface area contributed by atoms with Crippen LogP contribution in [0.15, 0.2) is 303 Å². The SMILES string of the molecule is c1ccc(-c2ccc(N(c3ccc(-c4ccccc4)cc3)c3ccc(-c4ccc(-c5ccc(-c6ccc(-c7ccc(N(c8ccc(-c9ccccc9)cc8)c8ccc(-c9ccccc9)cc8)cc7)s6)s5)s4)cc3)cc2)cc1. The zero-order valence-corrected chi connectivity index (χ0v) is 44.4. The summed E-state index contributed by atoms with van der Waals surface area (Å²) >= 11 is 5.57. The molecule has 5 heteroatoms. The molecule has 3 aromatic heterocycles. The number of anilines is 6. The lowest BCUT2D eigenvalue weighted by molar-refractivity contribution is 1.28. The molecule has 0 unspecified atom stereocenters. The standard InChI is InChI=1S/C72H50N2S3/c1-5-13-51(14-6-1)55-21-33-61(34-22-55)73(62-35-23-56(24-36-62)52-15-7-2-8-16-52)65-41-29-59(30-42-65)67-45-47-69(75-67)71-49-50-72(77-71)70-48-46-68(76-70)60-31-43-66(44-32-60)74(63-37-25-57(26-38-63)53-17-9-3-10-18-53)64-39-27-58(28-40-64)54-19-11-4-12-20-54/h1-50H. The molecule has 366 valence electrons. The third kappa shape index (κ3) is 10.2. The van der Waals surface area contributed by atoms with E-state index in [0.717, 1.165) is 34.1 Å². The summed E-state index contributed by atoms with van der Waals surface area (Å²) < 4.78 is 0. The lowest BCUT2D eigenvalue weighted by Gasteiger charge is -2.26. The third-order valence-corrected chi connectivity index (χ3v) is 17.8. The number of hydrogen-bond acceptors (Lipinski definition) is 5. The zero-order valence-electron chi connectivity index (χ0n) is 42.0. The van der Waals surface area contributed by atoms with E-state index in [2.05, 4.69) is 313 Å². The number of hydrogen-bond donors (Lipinski definition) is 0. The molecule has 0 saturated heterocycles. The van der Waals surface area contributed by atoms with E-state index in [1.807, 2.05) is 34.0 Å². The Morgan fingerprint density at radius 2 is 0.312 bits per heavy atom. The molecule has 77 heavy (non-hydrogen) atoms. The molecule has 3 heterocycles. The number of benzene rings is 10. The average molecular weight is 1040 g/mol. The van der Waals surface area contributed by atoms with Gasteiger partial charge >= 0.3 is 0 Å². The zero-order chi connectivity index (χ0) is 51.3. The second kappa shape index (κ2) is 21.6. The molecule has 0 aliphatic carbocycles. The van der Waals surface area contributed by atoms with E-state index in [4.69, 9.17) is 0 Å². The van der Waals surface area contributed by atoms with Gasteiger partial charge in [0.2, 0.25) is 0 Å². The highest BCUT2D eigenvalue weighted by Gasteiger charge is 2.18. The highest BCUT2D eigenvalue weighted by Crippen LogP contribution is 2.45. The monoisotopic (exact) mass is 1040 g/mol. The predicted molar refractivity (Wildman–Crippen MR) is 333 cm³/mol. The normalized spacial score (nSPS) is 11.1. The topological polar surface area (TPSA) is 6.48 Å². The molecule has 2 nitrogen and oxygen atoms in total. The Labute approximate surface area is 463 Å². The lowest BCUT2D eigenvalue weighted by Crippen LogP contribution is -2.09. The van der Waals surface area contributed by atoms with Gasteiger partial charge in [-0.05, 0) is 165 Å². The van der Waals surface area contributed by atoms with Crippen LogP contribution < -0.4 is 9.80 Å². The van der Waals surface area contributed by atoms with Crippen molar-refractivity contribution in [2.24, 2.45) is 0 Å². The Morgan fingerprint density at radius 1 is 0.143 bits per heavy atom. The first-order valence-electron chi connectivity index (χ1n) is 25.9. The molecular weight excluding hydrogens is 989 g/mol. The van der Waals surface area contributed by atoms with Crippen LogP contribution in [0.25, 0.3) is 84.9 Å². The van der Waals surface area contributed by atoms with Gasteiger partial charge in [0.05, 0.1) is 0 Å². The van der Waals surface area contributed by atoms with Crippen LogP contribution in [-0.4, -0.2) is 0 Å². The maximum atomic E-state index is 2.35. The summed E-state index contributed by atoms with van der Waals surface area (Å²) in [5.74, 6) is 0. The molecular formula is C72H50N2S3. The summed E-state index contributed by atoms with van der Waals surface area (Å²) in [4.78, 5) is 12.3. The Morgan fingerprint density at radius 3 is 0.532 bits per heavy atom. The fourth-order valence-electron chi connectivity index (χ4n) is 10.0. The van der Waals surface area contributed by atoms with Crippen molar-refractivity contribution in [3.63, 3.8) is 0 Å². The molecule has 0 spiro atoms. The molecule has 13 rings (SSSR count). The second-order valence-corrected chi connectivity index (χ2v) is 22.2. The third-order valence-electron chi connectivity index (χ3n) is 14.1. The van der Waals surface area contributed by atoms with E-state index in [1.165, 1.54) is 84.9 Å². The minimum Gasteiger partial charge on any atom is -0.311 e. The summed E-state index contributed by atoms with van der Waals surface area (Å²) in [5, 5.41) is 0. The molecule has 0 aliphatic rings. The molecule has 0 amide bonds. The fourth-order valence-corrected chi connectivity index (χ4v) is 13.2. The van der Waals surface area contributed by atoms with Crippen molar-refractivity contribution >= 4 is 68.1 Å². The average Bonchev–Trinajstić information content (AvgIpc) is 4.35. The molecule has 0 saturated carbocycles. The van der Waals surface area contributed by atoms with Gasteiger partial charge in [-0.3, -0.25) is 0 Å². The van der Waals surface area contributed by atoms with Crippen LogP contribution in [0.2, 0.25) is 0 Å². The highest BCUT2D eigenvalue weighted by atomic mass is 32.1. The largest absolute Gasteiger partial charge is 0.311 e. The van der Waals surface area contributed by atoms with E-state index in [-0.39, 0.29) is 0 Å². The van der Waals surface area contributed by atoms with Crippen LogP contribution in [0.5, 0.6) is 0 Å². The van der Waals surface area contributed by atoms with E-state index in [0.29, 0.717) is 0 Å². The summed E-state index contributed by atoms with van der Waals surface area (Å²) in [6, 6.07) is 110. The van der Waals surface area contributed by atoms with Crippen LogP contribution in [0.3, 0.4) is 0 Å². The van der Waals surface area contributed by atoms with Crippen molar-refractivity contribution in [1.29, 1.82) is 0 Å². The van der Waals surface area contributed by atoms with E-state index >= 15 is 0 Å². The van der Waals surface area contributed by atoms with Crippen molar-refractivity contribution in [1.82, 2.24) is 0 Å². The summed E-state index contributed by atoms with van der Waals surface area (Å²) in [6.45, 7) is 0. The Hall–Kier alpha value is -9.10. The first kappa shape index (κ1) is 47.6. The minimum absolute atomic E-state index is 1.11. The van der Waals surface area contributed by atoms with Gasteiger partial charge in [0.15, 0.2) is 0 Å². The minimum atomic E-state index is 1.11. The van der Waals surface area contributed by atoms with Crippen LogP contribution in [0.1, 0.15) is 0 Å². The van der Waals surface area contributed by atoms with E-state index in [1.54, 1.807) is 0 Å². The van der Waals surface area contributed by atoms with Crippen molar-refractivity contribution in [2.75, 3.05) is 9.80 Å². The second-order valence-electron chi connectivity index (χ2n) is 18.9. The molecule has 0 atom stereocenters. The highest BCUT2D eigenvalue weighted by molar-refractivity contribution is 7.27. The number of nitrogens with zero attached hydrogens (tertiary/aromatic N) is 2. The first-order valence-corrected chi connectivity index (χ1v) is 28.3. The first-order chi connectivity index (χ1) is 38.1. The van der Waals surface area contributed by atoms with Crippen molar-refractivity contribution in [3.8, 4) is 84.9 Å². The van der Waals surface area contributed by atoms with Gasteiger partial charge in [-0.15, -0.1) is 34.0 Å². The maximum Gasteiger partial charge on any atom is 0.0462 e. The van der Waals surface area contributed by atoms with Gasteiger partial charge in [0, 0.05) is 63.4 Å². The van der Waals surface area contributed by atoms with Crippen LogP contribution in [0.4, 0.5) is 34.1 Å². The Balaban J connectivity index is 0.727. The lowest BCUT2D eigenvalue weighted by atomic mass is 10.0. The predicted octanol–water partition coefficient (Wildman–Crippen LogP) is 22.1. The van der Waals surface area contributed by atoms with Gasteiger partial charge < -0.3 is 9.80 Å². The molecule has 0 N–H and O–H groups in total. The smallest absolute Gasteiger partial charge is 0.0462 e. The summed E-state index contributed by atoms with van der Waals surface area (Å²) in [6.07, 6.45) is 0. The Bertz CT molecular complexity index is 3580. The molecule has 13 aromatic rings.